The van der Waals surface area contributed by atoms with E-state index in [1.54, 1.807) is 0 Å². The summed E-state index contributed by atoms with van der Waals surface area (Å²) in [7, 11) is 0. The van der Waals surface area contributed by atoms with Gasteiger partial charge in [0.2, 0.25) is 5.91 Å². The molecule has 0 aliphatic carbocycles. The number of nitrogens with one attached hydrogen (secondary N) is 2. The number of halogens is 1. The molecule has 5 heteroatoms. The Labute approximate surface area is 140 Å². The van der Waals surface area contributed by atoms with Crippen LogP contribution in [0.2, 0.25) is 0 Å². The molecule has 0 aliphatic heterocycles. The first-order valence-corrected chi connectivity index (χ1v) is 7.80. The van der Waals surface area contributed by atoms with E-state index in [4.69, 9.17) is 5.73 Å². The maximum atomic E-state index is 12.1. The van der Waals surface area contributed by atoms with Crippen molar-refractivity contribution in [3.8, 4) is 0 Å². The van der Waals surface area contributed by atoms with E-state index in [2.05, 4.69) is 24.5 Å². The lowest BCUT2D eigenvalue weighted by Crippen LogP contribution is -2.48. The largest absolute Gasteiger partial charge is 0.380 e. The summed E-state index contributed by atoms with van der Waals surface area (Å²) in [6, 6.07) is 9.79. The minimum absolute atomic E-state index is 0. The number of carbonyl (C=O) groups excluding carboxylic acids is 1. The second-order valence-electron chi connectivity index (χ2n) is 6.02. The molecule has 0 spiro atoms. The molecule has 0 aromatic heterocycles. The summed E-state index contributed by atoms with van der Waals surface area (Å²) < 4.78 is 0. The van der Waals surface area contributed by atoms with Crippen LogP contribution < -0.4 is 16.4 Å². The lowest BCUT2D eigenvalue weighted by Gasteiger charge is -2.25. The van der Waals surface area contributed by atoms with Crippen molar-refractivity contribution in [3.63, 3.8) is 0 Å². The van der Waals surface area contributed by atoms with E-state index in [9.17, 15) is 4.79 Å². The molecule has 0 saturated carbocycles. The van der Waals surface area contributed by atoms with Crippen LogP contribution in [0.4, 0.5) is 5.69 Å². The number of amides is 1. The fourth-order valence-electron chi connectivity index (χ4n) is 2.04. The van der Waals surface area contributed by atoms with E-state index in [1.807, 2.05) is 44.2 Å². The highest BCUT2D eigenvalue weighted by atomic mass is 35.5. The standard InChI is InChI=1S/C17H29N3O.ClH/c1-5-13(4)16(18)17(21)19-11-15(12(2)3)20-14-9-7-6-8-10-14;/h6-10,12-13,15-16,20H,5,11,18H2,1-4H3,(H,19,21);1H. The molecular weight excluding hydrogens is 298 g/mol. The van der Waals surface area contributed by atoms with E-state index in [1.165, 1.54) is 0 Å². The topological polar surface area (TPSA) is 67.2 Å². The van der Waals surface area contributed by atoms with Crippen molar-refractivity contribution in [2.75, 3.05) is 11.9 Å². The van der Waals surface area contributed by atoms with Crippen molar-refractivity contribution in [1.29, 1.82) is 0 Å². The normalized spacial score (nSPS) is 14.6. The Balaban J connectivity index is 0.00000441. The number of hydrogen-bond donors (Lipinski definition) is 3. The zero-order valence-electron chi connectivity index (χ0n) is 14.0. The lowest BCUT2D eigenvalue weighted by atomic mass is 9.99. The molecule has 3 unspecified atom stereocenters. The first-order chi connectivity index (χ1) is 9.95. The van der Waals surface area contributed by atoms with Crippen molar-refractivity contribution in [1.82, 2.24) is 5.32 Å². The monoisotopic (exact) mass is 327 g/mol. The van der Waals surface area contributed by atoms with E-state index in [-0.39, 0.29) is 30.3 Å². The summed E-state index contributed by atoms with van der Waals surface area (Å²) in [5, 5.41) is 6.43. The zero-order chi connectivity index (χ0) is 15.8. The Morgan fingerprint density at radius 2 is 1.77 bits per heavy atom. The van der Waals surface area contributed by atoms with Gasteiger partial charge in [0.05, 0.1) is 6.04 Å². The van der Waals surface area contributed by atoms with Gasteiger partial charge in [0.25, 0.3) is 0 Å². The van der Waals surface area contributed by atoms with Crippen molar-refractivity contribution in [3.05, 3.63) is 30.3 Å². The van der Waals surface area contributed by atoms with E-state index < -0.39 is 6.04 Å². The molecule has 22 heavy (non-hydrogen) atoms. The fourth-order valence-corrected chi connectivity index (χ4v) is 2.04. The summed E-state index contributed by atoms with van der Waals surface area (Å²) in [6.07, 6.45) is 0.907. The van der Waals surface area contributed by atoms with E-state index in [0.29, 0.717) is 12.5 Å². The Hall–Kier alpha value is -1.26. The van der Waals surface area contributed by atoms with Gasteiger partial charge in [-0.1, -0.05) is 52.3 Å². The predicted molar refractivity (Wildman–Crippen MR) is 96.4 cm³/mol. The van der Waals surface area contributed by atoms with Crippen LogP contribution in [-0.2, 0) is 4.79 Å². The molecule has 1 amide bonds. The van der Waals surface area contributed by atoms with E-state index in [0.717, 1.165) is 12.1 Å². The number of carbonyl (C=O) groups is 1. The van der Waals surface area contributed by atoms with Crippen molar-refractivity contribution in [2.24, 2.45) is 17.6 Å². The molecule has 0 bridgehead atoms. The lowest BCUT2D eigenvalue weighted by molar-refractivity contribution is -0.123. The third kappa shape index (κ3) is 6.67. The highest BCUT2D eigenvalue weighted by Gasteiger charge is 2.21. The molecule has 4 nitrogen and oxygen atoms in total. The van der Waals surface area contributed by atoms with Gasteiger partial charge in [-0.05, 0) is 24.0 Å². The van der Waals surface area contributed by atoms with Crippen LogP contribution >= 0.6 is 12.4 Å². The highest BCUT2D eigenvalue weighted by Crippen LogP contribution is 2.12. The Morgan fingerprint density at radius 1 is 1.18 bits per heavy atom. The molecule has 1 aromatic rings. The predicted octanol–water partition coefficient (Wildman–Crippen LogP) is 3.03. The number of rotatable bonds is 8. The summed E-state index contributed by atoms with van der Waals surface area (Å²) in [5.41, 5.74) is 7.02. The second-order valence-corrected chi connectivity index (χ2v) is 6.02. The maximum Gasteiger partial charge on any atom is 0.237 e. The van der Waals surface area contributed by atoms with Crippen LogP contribution in [0, 0.1) is 11.8 Å². The van der Waals surface area contributed by atoms with Gasteiger partial charge in [-0.3, -0.25) is 4.79 Å². The van der Waals surface area contributed by atoms with Crippen molar-refractivity contribution in [2.45, 2.75) is 46.2 Å². The molecule has 0 radical (unpaired) electrons. The summed E-state index contributed by atoms with van der Waals surface area (Å²) in [4.78, 5) is 12.1. The first-order valence-electron chi connectivity index (χ1n) is 7.80. The molecule has 0 saturated heterocycles. The summed E-state index contributed by atoms with van der Waals surface area (Å²) in [6.45, 7) is 8.91. The van der Waals surface area contributed by atoms with Gasteiger partial charge in [0.1, 0.15) is 0 Å². The average molecular weight is 328 g/mol. The molecular formula is C17H30ClN3O. The number of benzene rings is 1. The number of anilines is 1. The molecule has 0 heterocycles. The van der Waals surface area contributed by atoms with E-state index >= 15 is 0 Å². The third-order valence-electron chi connectivity index (χ3n) is 3.99. The molecule has 1 aromatic carbocycles. The SMILES string of the molecule is CCC(C)C(N)C(=O)NCC(Nc1ccccc1)C(C)C.Cl. The van der Waals surface area contributed by atoms with Gasteiger partial charge in [-0.25, -0.2) is 0 Å². The number of hydrogen-bond acceptors (Lipinski definition) is 3. The first kappa shape index (κ1) is 20.7. The van der Waals surface area contributed by atoms with Gasteiger partial charge >= 0.3 is 0 Å². The van der Waals surface area contributed by atoms with Crippen molar-refractivity contribution < 1.29 is 4.79 Å². The van der Waals surface area contributed by atoms with Gasteiger partial charge in [-0.2, -0.15) is 0 Å². The Kier molecular flexibility index (Phi) is 9.86. The smallest absolute Gasteiger partial charge is 0.237 e. The van der Waals surface area contributed by atoms with Gasteiger partial charge in [0.15, 0.2) is 0 Å². The number of nitrogens with two attached hydrogens (primary N) is 1. The third-order valence-corrected chi connectivity index (χ3v) is 3.99. The van der Waals surface area contributed by atoms with Crippen LogP contribution in [-0.4, -0.2) is 24.5 Å². The van der Waals surface area contributed by atoms with Crippen LogP contribution in [0.5, 0.6) is 0 Å². The van der Waals surface area contributed by atoms with Gasteiger partial charge < -0.3 is 16.4 Å². The molecule has 126 valence electrons. The average Bonchev–Trinajstić information content (AvgIpc) is 2.50. The quantitative estimate of drug-likeness (QED) is 0.687. The fraction of sp³-hybridized carbons (Fsp3) is 0.588. The molecule has 1 rings (SSSR count). The molecule has 0 fully saturated rings. The number of para-hydroxylation sites is 1. The van der Waals surface area contributed by atoms with Gasteiger partial charge in [0, 0.05) is 18.3 Å². The Morgan fingerprint density at radius 3 is 2.27 bits per heavy atom. The zero-order valence-corrected chi connectivity index (χ0v) is 14.8. The summed E-state index contributed by atoms with van der Waals surface area (Å²) >= 11 is 0. The van der Waals surface area contributed by atoms with Crippen LogP contribution in [0.3, 0.4) is 0 Å². The molecule has 4 N–H and O–H groups in total. The minimum atomic E-state index is -0.431. The molecule has 0 aliphatic rings. The second kappa shape index (κ2) is 10.5. The maximum absolute atomic E-state index is 12.1. The Bertz CT molecular complexity index is 425. The van der Waals surface area contributed by atoms with Crippen LogP contribution in [0.25, 0.3) is 0 Å². The highest BCUT2D eigenvalue weighted by molar-refractivity contribution is 5.85. The van der Waals surface area contributed by atoms with Crippen molar-refractivity contribution >= 4 is 24.0 Å². The van der Waals surface area contributed by atoms with Crippen LogP contribution in [0.1, 0.15) is 34.1 Å². The molecule has 3 atom stereocenters. The summed E-state index contributed by atoms with van der Waals surface area (Å²) in [5.74, 6) is 0.541. The van der Waals surface area contributed by atoms with Crippen LogP contribution in [0.15, 0.2) is 30.3 Å². The minimum Gasteiger partial charge on any atom is -0.380 e. The van der Waals surface area contributed by atoms with Gasteiger partial charge in [-0.15, -0.1) is 12.4 Å².